The number of amides is 1. The molecule has 0 radical (unpaired) electrons. The summed E-state index contributed by atoms with van der Waals surface area (Å²) >= 11 is 0. The van der Waals surface area contributed by atoms with E-state index in [1.165, 1.54) is 27.5 Å². The molecule has 1 aliphatic heterocycles. The van der Waals surface area contributed by atoms with Gasteiger partial charge in [0.2, 0.25) is 10.0 Å². The molecule has 1 atom stereocenters. The van der Waals surface area contributed by atoms with Crippen LogP contribution in [0.1, 0.15) is 34.8 Å². The van der Waals surface area contributed by atoms with Crippen LogP contribution in [0.25, 0.3) is 0 Å². The van der Waals surface area contributed by atoms with Crippen LogP contribution < -0.4 is 5.73 Å². The number of sulfonamides is 1. The molecule has 1 amide bonds. The van der Waals surface area contributed by atoms with Gasteiger partial charge < -0.3 is 10.6 Å². The third kappa shape index (κ3) is 3.45. The lowest BCUT2D eigenvalue weighted by molar-refractivity contribution is 0.0825. The SMILES string of the molecule is CN(C)C(=O)c1cn[nH]c1[C@@H]1CCCN(S(=O)(=O)c2ccc(N)cc2)C1. The van der Waals surface area contributed by atoms with Crippen molar-refractivity contribution < 1.29 is 13.2 Å². The number of carbonyl (C=O) groups is 1. The van der Waals surface area contributed by atoms with E-state index in [1.54, 1.807) is 26.2 Å². The summed E-state index contributed by atoms with van der Waals surface area (Å²) in [5.74, 6) is -0.249. The monoisotopic (exact) mass is 377 g/mol. The Morgan fingerprint density at radius 1 is 1.31 bits per heavy atom. The average Bonchev–Trinajstić information content (AvgIpc) is 3.11. The van der Waals surface area contributed by atoms with Gasteiger partial charge >= 0.3 is 0 Å². The van der Waals surface area contributed by atoms with Gasteiger partial charge in [-0.3, -0.25) is 9.89 Å². The van der Waals surface area contributed by atoms with E-state index in [-0.39, 0.29) is 16.7 Å². The molecule has 0 bridgehead atoms. The highest BCUT2D eigenvalue weighted by atomic mass is 32.2. The molecule has 1 saturated heterocycles. The van der Waals surface area contributed by atoms with Crippen LogP contribution in [-0.2, 0) is 10.0 Å². The number of piperidine rings is 1. The summed E-state index contributed by atoms with van der Waals surface area (Å²) in [6, 6.07) is 6.20. The van der Waals surface area contributed by atoms with Gasteiger partial charge in [0.15, 0.2) is 0 Å². The third-order valence-corrected chi connectivity index (χ3v) is 6.50. The zero-order valence-electron chi connectivity index (χ0n) is 14.8. The predicted octanol–water partition coefficient (Wildman–Crippen LogP) is 1.26. The van der Waals surface area contributed by atoms with Crippen molar-refractivity contribution in [2.24, 2.45) is 0 Å². The first kappa shape index (κ1) is 18.4. The number of carbonyl (C=O) groups excluding carboxylic acids is 1. The molecule has 8 nitrogen and oxygen atoms in total. The molecule has 140 valence electrons. The van der Waals surface area contributed by atoms with Crippen molar-refractivity contribution in [3.8, 4) is 0 Å². The molecular weight excluding hydrogens is 354 g/mol. The fourth-order valence-corrected chi connectivity index (χ4v) is 4.73. The Hall–Kier alpha value is -2.39. The van der Waals surface area contributed by atoms with E-state index < -0.39 is 10.0 Å². The summed E-state index contributed by atoms with van der Waals surface area (Å²) in [6.07, 6.45) is 3.02. The summed E-state index contributed by atoms with van der Waals surface area (Å²) in [4.78, 5) is 14.0. The number of nitrogens with one attached hydrogen (secondary N) is 1. The number of nitrogens with two attached hydrogens (primary N) is 1. The number of nitrogen functional groups attached to an aromatic ring is 1. The number of H-pyrrole nitrogens is 1. The van der Waals surface area contributed by atoms with Crippen molar-refractivity contribution in [2.45, 2.75) is 23.7 Å². The lowest BCUT2D eigenvalue weighted by atomic mass is 9.93. The minimum Gasteiger partial charge on any atom is -0.399 e. The zero-order chi connectivity index (χ0) is 18.9. The lowest BCUT2D eigenvalue weighted by Gasteiger charge is -2.32. The number of anilines is 1. The number of benzene rings is 1. The second-order valence-corrected chi connectivity index (χ2v) is 8.61. The van der Waals surface area contributed by atoms with Crippen LogP contribution in [0.2, 0.25) is 0 Å². The van der Waals surface area contributed by atoms with E-state index in [0.717, 1.165) is 6.42 Å². The van der Waals surface area contributed by atoms with E-state index in [4.69, 9.17) is 5.73 Å². The quantitative estimate of drug-likeness (QED) is 0.779. The van der Waals surface area contributed by atoms with Crippen LogP contribution in [0.5, 0.6) is 0 Å². The van der Waals surface area contributed by atoms with Crippen LogP contribution in [0, 0.1) is 0 Å². The lowest BCUT2D eigenvalue weighted by Crippen LogP contribution is -2.39. The summed E-state index contributed by atoms with van der Waals surface area (Å²) in [6.45, 7) is 0.761. The molecule has 2 aromatic rings. The molecule has 0 aliphatic carbocycles. The molecule has 2 heterocycles. The van der Waals surface area contributed by atoms with Gasteiger partial charge in [0.05, 0.1) is 22.3 Å². The van der Waals surface area contributed by atoms with Crippen molar-refractivity contribution >= 4 is 21.6 Å². The van der Waals surface area contributed by atoms with Crippen LogP contribution in [0.3, 0.4) is 0 Å². The number of aromatic nitrogens is 2. The van der Waals surface area contributed by atoms with Gasteiger partial charge in [0, 0.05) is 38.8 Å². The van der Waals surface area contributed by atoms with Gasteiger partial charge in [-0.1, -0.05) is 0 Å². The maximum absolute atomic E-state index is 12.9. The largest absolute Gasteiger partial charge is 0.399 e. The Kier molecular flexibility index (Phi) is 5.01. The van der Waals surface area contributed by atoms with Gasteiger partial charge in [-0.2, -0.15) is 9.40 Å². The van der Waals surface area contributed by atoms with Crippen LogP contribution in [0.4, 0.5) is 5.69 Å². The molecule has 0 spiro atoms. The molecule has 0 unspecified atom stereocenters. The number of hydrogen-bond donors (Lipinski definition) is 2. The Morgan fingerprint density at radius 2 is 2.00 bits per heavy atom. The molecule has 0 saturated carbocycles. The van der Waals surface area contributed by atoms with E-state index >= 15 is 0 Å². The fraction of sp³-hybridized carbons (Fsp3) is 0.412. The van der Waals surface area contributed by atoms with Crippen molar-refractivity contribution in [2.75, 3.05) is 32.9 Å². The fourth-order valence-electron chi connectivity index (χ4n) is 3.20. The van der Waals surface area contributed by atoms with Gasteiger partial charge in [0.25, 0.3) is 5.91 Å². The van der Waals surface area contributed by atoms with Crippen molar-refractivity contribution in [3.63, 3.8) is 0 Å². The van der Waals surface area contributed by atoms with Crippen LogP contribution in [0.15, 0.2) is 35.4 Å². The number of hydrogen-bond acceptors (Lipinski definition) is 5. The normalized spacial score (nSPS) is 18.6. The smallest absolute Gasteiger partial charge is 0.256 e. The maximum atomic E-state index is 12.9. The van der Waals surface area contributed by atoms with E-state index in [9.17, 15) is 13.2 Å². The molecule has 9 heteroatoms. The van der Waals surface area contributed by atoms with Crippen LogP contribution in [-0.4, -0.2) is 60.9 Å². The van der Waals surface area contributed by atoms with Gasteiger partial charge in [-0.05, 0) is 37.1 Å². The highest BCUT2D eigenvalue weighted by Crippen LogP contribution is 2.31. The second kappa shape index (κ2) is 7.08. The molecule has 1 aromatic heterocycles. The van der Waals surface area contributed by atoms with Crippen molar-refractivity contribution in [1.82, 2.24) is 19.4 Å². The number of nitrogens with zero attached hydrogens (tertiary/aromatic N) is 3. The Morgan fingerprint density at radius 3 is 2.65 bits per heavy atom. The summed E-state index contributed by atoms with van der Waals surface area (Å²) < 4.78 is 27.3. The van der Waals surface area contributed by atoms with E-state index in [0.29, 0.717) is 36.5 Å². The summed E-state index contributed by atoms with van der Waals surface area (Å²) in [7, 11) is -0.247. The maximum Gasteiger partial charge on any atom is 0.256 e. The number of rotatable bonds is 4. The van der Waals surface area contributed by atoms with Gasteiger partial charge in [-0.25, -0.2) is 8.42 Å². The number of aromatic amines is 1. The van der Waals surface area contributed by atoms with Gasteiger partial charge in [0.1, 0.15) is 0 Å². The molecule has 1 aliphatic rings. The first-order chi connectivity index (χ1) is 12.3. The average molecular weight is 377 g/mol. The van der Waals surface area contributed by atoms with E-state index in [2.05, 4.69) is 10.2 Å². The summed E-state index contributed by atoms with van der Waals surface area (Å²) in [5.41, 5.74) is 7.35. The minimum atomic E-state index is -3.60. The Labute approximate surface area is 153 Å². The minimum absolute atomic E-state index is 0.103. The molecule has 1 aromatic carbocycles. The molecule has 3 N–H and O–H groups in total. The van der Waals surface area contributed by atoms with Crippen molar-refractivity contribution in [3.05, 3.63) is 41.7 Å². The standard InChI is InChI=1S/C17H23N5O3S/c1-21(2)17(23)15-10-19-20-16(15)12-4-3-9-22(11-12)26(24,25)14-7-5-13(18)6-8-14/h5-8,10,12H,3-4,9,11,18H2,1-2H3,(H,19,20)/t12-/m1/s1. The second-order valence-electron chi connectivity index (χ2n) is 6.67. The molecular formula is C17H23N5O3S. The Balaban J connectivity index is 1.85. The summed E-state index contributed by atoms with van der Waals surface area (Å²) in [5, 5.41) is 6.90. The Bertz CT molecular complexity index is 889. The molecule has 3 rings (SSSR count). The van der Waals surface area contributed by atoms with Crippen LogP contribution >= 0.6 is 0 Å². The van der Waals surface area contributed by atoms with Crippen molar-refractivity contribution in [1.29, 1.82) is 0 Å². The first-order valence-corrected chi connectivity index (χ1v) is 9.85. The topological polar surface area (TPSA) is 112 Å². The predicted molar refractivity (Wildman–Crippen MR) is 98.2 cm³/mol. The highest BCUT2D eigenvalue weighted by Gasteiger charge is 2.33. The third-order valence-electron chi connectivity index (χ3n) is 4.62. The van der Waals surface area contributed by atoms with Gasteiger partial charge in [-0.15, -0.1) is 0 Å². The molecule has 1 fully saturated rings. The van der Waals surface area contributed by atoms with E-state index in [1.807, 2.05) is 0 Å². The first-order valence-electron chi connectivity index (χ1n) is 8.41. The molecule has 26 heavy (non-hydrogen) atoms. The zero-order valence-corrected chi connectivity index (χ0v) is 15.7. The highest BCUT2D eigenvalue weighted by molar-refractivity contribution is 7.89.